The molecule has 2 aromatic rings. The summed E-state index contributed by atoms with van der Waals surface area (Å²) in [5.41, 5.74) is 6.73. The number of ether oxygens (including phenoxy) is 1. The Morgan fingerprint density at radius 1 is 1.19 bits per heavy atom. The summed E-state index contributed by atoms with van der Waals surface area (Å²) in [5.74, 6) is 0.390. The Kier molecular flexibility index (Phi) is 5.01. The molecule has 0 fully saturated rings. The predicted molar refractivity (Wildman–Crippen MR) is 81.8 cm³/mol. The maximum absolute atomic E-state index is 11.0. The van der Waals surface area contributed by atoms with Gasteiger partial charge in [-0.05, 0) is 18.2 Å². The van der Waals surface area contributed by atoms with Gasteiger partial charge in [-0.15, -0.1) is 0 Å². The molecule has 2 N–H and O–H groups in total. The van der Waals surface area contributed by atoms with Crippen molar-refractivity contribution < 1.29 is 9.66 Å². The van der Waals surface area contributed by atoms with Crippen molar-refractivity contribution in [2.75, 3.05) is 0 Å². The molecule has 2 rings (SSSR count). The smallest absolute Gasteiger partial charge is 0.276 e. The van der Waals surface area contributed by atoms with Crippen LogP contribution in [0.25, 0.3) is 0 Å². The Balaban J connectivity index is 2.27. The number of hydrogen-bond donors (Lipinski definition) is 1. The van der Waals surface area contributed by atoms with E-state index in [4.69, 9.17) is 33.7 Å². The molecular weight excluding hydrogens is 315 g/mol. The third kappa shape index (κ3) is 3.64. The Bertz CT molecular complexity index is 677. The minimum atomic E-state index is -0.452. The Morgan fingerprint density at radius 2 is 1.90 bits per heavy atom. The summed E-state index contributed by atoms with van der Waals surface area (Å²) >= 11 is 12.0. The molecule has 0 radical (unpaired) electrons. The average molecular weight is 327 g/mol. The summed E-state index contributed by atoms with van der Waals surface area (Å²) < 4.78 is 5.62. The van der Waals surface area contributed by atoms with E-state index in [1.54, 1.807) is 24.3 Å². The van der Waals surface area contributed by atoms with Gasteiger partial charge in [0.15, 0.2) is 0 Å². The molecule has 7 heteroatoms. The van der Waals surface area contributed by atoms with Crippen LogP contribution in [0.5, 0.6) is 5.75 Å². The lowest BCUT2D eigenvalue weighted by Gasteiger charge is -2.13. The summed E-state index contributed by atoms with van der Waals surface area (Å²) in [5, 5.41) is 11.7. The van der Waals surface area contributed by atoms with Gasteiger partial charge in [-0.1, -0.05) is 35.3 Å². The minimum Gasteiger partial charge on any atom is -0.487 e. The maximum atomic E-state index is 11.0. The van der Waals surface area contributed by atoms with Gasteiger partial charge < -0.3 is 10.5 Å². The van der Waals surface area contributed by atoms with Gasteiger partial charge in [-0.25, -0.2) is 0 Å². The molecule has 0 aromatic heterocycles. The highest BCUT2D eigenvalue weighted by atomic mass is 35.5. The highest BCUT2D eigenvalue weighted by molar-refractivity contribution is 6.35. The van der Waals surface area contributed by atoms with Gasteiger partial charge in [0, 0.05) is 23.2 Å². The zero-order chi connectivity index (χ0) is 15.4. The largest absolute Gasteiger partial charge is 0.487 e. The van der Waals surface area contributed by atoms with Crippen molar-refractivity contribution in [2.24, 2.45) is 5.73 Å². The second-order valence-corrected chi connectivity index (χ2v) is 5.10. The van der Waals surface area contributed by atoms with E-state index in [1.807, 2.05) is 0 Å². The lowest BCUT2D eigenvalue weighted by atomic mass is 10.2. The monoisotopic (exact) mass is 326 g/mol. The molecule has 0 heterocycles. The molecule has 21 heavy (non-hydrogen) atoms. The van der Waals surface area contributed by atoms with Crippen molar-refractivity contribution in [2.45, 2.75) is 13.2 Å². The Hall–Kier alpha value is -1.82. The van der Waals surface area contributed by atoms with Gasteiger partial charge in [0.05, 0.1) is 15.5 Å². The Morgan fingerprint density at radius 3 is 2.57 bits per heavy atom. The van der Waals surface area contributed by atoms with Gasteiger partial charge in [0.2, 0.25) is 0 Å². The summed E-state index contributed by atoms with van der Waals surface area (Å²) in [4.78, 5) is 10.5. The number of nitro benzene ring substituents is 1. The molecule has 2 aromatic carbocycles. The van der Waals surface area contributed by atoms with Gasteiger partial charge in [-0.2, -0.15) is 0 Å². The molecule has 5 nitrogen and oxygen atoms in total. The number of para-hydroxylation sites is 1. The molecule has 110 valence electrons. The summed E-state index contributed by atoms with van der Waals surface area (Å²) in [7, 11) is 0. The molecule has 0 aliphatic rings. The molecule has 0 aliphatic heterocycles. The molecular formula is C14H12Cl2N2O3. The van der Waals surface area contributed by atoms with Crippen LogP contribution in [0.2, 0.25) is 10.0 Å². The summed E-state index contributed by atoms with van der Waals surface area (Å²) in [6.45, 7) is 0.220. The number of nitrogens with zero attached hydrogens (tertiary/aromatic N) is 1. The highest BCUT2D eigenvalue weighted by Crippen LogP contribution is 2.33. The van der Waals surface area contributed by atoms with Crippen molar-refractivity contribution in [1.29, 1.82) is 0 Å². The average Bonchev–Trinajstić information content (AvgIpc) is 2.45. The Labute approximate surface area is 131 Å². The van der Waals surface area contributed by atoms with Crippen LogP contribution in [-0.2, 0) is 13.2 Å². The van der Waals surface area contributed by atoms with E-state index in [0.29, 0.717) is 26.9 Å². The third-order valence-corrected chi connectivity index (χ3v) is 3.36. The summed E-state index contributed by atoms with van der Waals surface area (Å²) in [6, 6.07) is 9.55. The minimum absolute atomic E-state index is 0.00288. The van der Waals surface area contributed by atoms with Gasteiger partial charge >= 0.3 is 0 Å². The van der Waals surface area contributed by atoms with Crippen LogP contribution < -0.4 is 10.5 Å². The van der Waals surface area contributed by atoms with Crippen molar-refractivity contribution in [1.82, 2.24) is 0 Å². The molecule has 0 spiro atoms. The molecule has 0 saturated heterocycles. The van der Waals surface area contributed by atoms with Crippen LogP contribution in [0, 0.1) is 10.1 Å². The lowest BCUT2D eigenvalue weighted by molar-refractivity contribution is -0.385. The topological polar surface area (TPSA) is 78.4 Å². The number of rotatable bonds is 5. The molecule has 0 aliphatic carbocycles. The van der Waals surface area contributed by atoms with Crippen molar-refractivity contribution in [3.63, 3.8) is 0 Å². The van der Waals surface area contributed by atoms with E-state index in [1.165, 1.54) is 12.1 Å². The first-order chi connectivity index (χ1) is 10.0. The molecule has 0 atom stereocenters. The van der Waals surface area contributed by atoms with E-state index in [0.717, 1.165) is 0 Å². The molecule has 0 amide bonds. The highest BCUT2D eigenvalue weighted by Gasteiger charge is 2.15. The fraction of sp³-hybridized carbons (Fsp3) is 0.143. The maximum Gasteiger partial charge on any atom is 0.276 e. The van der Waals surface area contributed by atoms with Crippen LogP contribution in [0.3, 0.4) is 0 Å². The molecule has 0 unspecified atom stereocenters. The summed E-state index contributed by atoms with van der Waals surface area (Å²) in [6.07, 6.45) is 0. The SMILES string of the molecule is NCc1cc(Cl)cc(Cl)c1OCc1ccccc1[N+](=O)[O-]. The van der Waals surface area contributed by atoms with E-state index in [-0.39, 0.29) is 18.8 Å². The second kappa shape index (κ2) is 6.76. The fourth-order valence-electron chi connectivity index (χ4n) is 1.89. The normalized spacial score (nSPS) is 10.4. The van der Waals surface area contributed by atoms with Crippen LogP contribution in [0.4, 0.5) is 5.69 Å². The second-order valence-electron chi connectivity index (χ2n) is 4.25. The standard InChI is InChI=1S/C14H12Cl2N2O3/c15-11-5-10(7-17)14(12(16)6-11)21-8-9-3-1-2-4-13(9)18(19)20/h1-6H,7-8,17H2. The third-order valence-electron chi connectivity index (χ3n) is 2.87. The first kappa shape index (κ1) is 15.6. The first-order valence-corrected chi connectivity index (χ1v) is 6.81. The number of benzene rings is 2. The predicted octanol–water partition coefficient (Wildman–Crippen LogP) is 3.94. The first-order valence-electron chi connectivity index (χ1n) is 6.06. The van der Waals surface area contributed by atoms with E-state index < -0.39 is 4.92 Å². The fourth-order valence-corrected chi connectivity index (χ4v) is 2.48. The van der Waals surface area contributed by atoms with E-state index >= 15 is 0 Å². The van der Waals surface area contributed by atoms with Crippen molar-refractivity contribution in [3.05, 3.63) is 67.7 Å². The van der Waals surface area contributed by atoms with Gasteiger partial charge in [-0.3, -0.25) is 10.1 Å². The molecule has 0 bridgehead atoms. The molecule has 0 saturated carbocycles. The van der Waals surface area contributed by atoms with Crippen LogP contribution >= 0.6 is 23.2 Å². The van der Waals surface area contributed by atoms with Crippen LogP contribution in [0.1, 0.15) is 11.1 Å². The number of halogens is 2. The van der Waals surface area contributed by atoms with Gasteiger partial charge in [0.1, 0.15) is 12.4 Å². The van der Waals surface area contributed by atoms with Crippen molar-refractivity contribution in [3.8, 4) is 5.75 Å². The van der Waals surface area contributed by atoms with Crippen LogP contribution in [-0.4, -0.2) is 4.92 Å². The van der Waals surface area contributed by atoms with E-state index in [9.17, 15) is 10.1 Å². The number of nitro groups is 1. The number of nitrogens with two attached hydrogens (primary N) is 1. The quantitative estimate of drug-likeness (QED) is 0.666. The lowest BCUT2D eigenvalue weighted by Crippen LogP contribution is -2.05. The zero-order valence-corrected chi connectivity index (χ0v) is 12.4. The number of hydrogen-bond acceptors (Lipinski definition) is 4. The van der Waals surface area contributed by atoms with Crippen molar-refractivity contribution >= 4 is 28.9 Å². The van der Waals surface area contributed by atoms with E-state index in [2.05, 4.69) is 0 Å². The van der Waals surface area contributed by atoms with Gasteiger partial charge in [0.25, 0.3) is 5.69 Å². The van der Waals surface area contributed by atoms with Crippen LogP contribution in [0.15, 0.2) is 36.4 Å². The zero-order valence-electron chi connectivity index (χ0n) is 10.9.